The van der Waals surface area contributed by atoms with Gasteiger partial charge in [0.2, 0.25) is 0 Å². The van der Waals surface area contributed by atoms with E-state index in [1.165, 1.54) is 17.8 Å². The average molecular weight is 490 g/mol. The summed E-state index contributed by atoms with van der Waals surface area (Å²) in [5, 5.41) is 10.1. The highest BCUT2D eigenvalue weighted by atomic mass is 32.2. The number of thioether (sulfide) groups is 1. The van der Waals surface area contributed by atoms with Crippen molar-refractivity contribution in [3.63, 3.8) is 0 Å². The summed E-state index contributed by atoms with van der Waals surface area (Å²) in [6.45, 7) is 6.45. The van der Waals surface area contributed by atoms with E-state index in [0.717, 1.165) is 30.0 Å². The number of nitrogens with zero attached hydrogens (tertiary/aromatic N) is 1. The molecule has 34 heavy (non-hydrogen) atoms. The van der Waals surface area contributed by atoms with Crippen LogP contribution in [-0.2, 0) is 18.0 Å². The predicted octanol–water partition coefficient (Wildman–Crippen LogP) is 7.27. The van der Waals surface area contributed by atoms with Gasteiger partial charge >= 0.3 is 6.18 Å². The minimum atomic E-state index is -4.40. The third-order valence-corrected chi connectivity index (χ3v) is 9.68. The highest BCUT2D eigenvalue weighted by Crippen LogP contribution is 2.62. The second kappa shape index (κ2) is 8.71. The zero-order valence-corrected chi connectivity index (χ0v) is 20.9. The van der Waals surface area contributed by atoms with Gasteiger partial charge in [0, 0.05) is 10.1 Å². The van der Waals surface area contributed by atoms with Crippen molar-refractivity contribution in [2.75, 3.05) is 14.2 Å². The molecule has 0 unspecified atom stereocenters. The quantitative estimate of drug-likeness (QED) is 0.453. The van der Waals surface area contributed by atoms with Gasteiger partial charge in [-0.2, -0.15) is 18.4 Å². The van der Waals surface area contributed by atoms with Crippen molar-refractivity contribution in [3.8, 4) is 17.6 Å². The first-order valence-corrected chi connectivity index (χ1v) is 12.3. The van der Waals surface area contributed by atoms with E-state index in [4.69, 9.17) is 9.47 Å². The van der Waals surface area contributed by atoms with Crippen LogP contribution in [0.2, 0.25) is 0 Å². The molecule has 2 aliphatic rings. The summed E-state index contributed by atoms with van der Waals surface area (Å²) >= 11 is 1.31. The monoisotopic (exact) mass is 489 g/mol. The zero-order chi connectivity index (χ0) is 24.9. The van der Waals surface area contributed by atoms with Gasteiger partial charge in [-0.3, -0.25) is 0 Å². The lowest BCUT2D eigenvalue weighted by Crippen LogP contribution is -2.56. The van der Waals surface area contributed by atoms with Crippen molar-refractivity contribution in [2.45, 2.75) is 61.8 Å². The average Bonchev–Trinajstić information content (AvgIpc) is 2.79. The number of hydrogen-bond acceptors (Lipinski definition) is 4. The molecule has 2 aliphatic carbocycles. The van der Waals surface area contributed by atoms with Gasteiger partial charge in [-0.1, -0.05) is 32.9 Å². The van der Waals surface area contributed by atoms with Crippen molar-refractivity contribution in [3.05, 3.63) is 53.1 Å². The van der Waals surface area contributed by atoms with Crippen molar-refractivity contribution < 1.29 is 22.6 Å². The molecule has 0 heterocycles. The summed E-state index contributed by atoms with van der Waals surface area (Å²) in [5.74, 6) is 1.05. The molecule has 0 N–H and O–H groups in total. The molecule has 0 aromatic heterocycles. The van der Waals surface area contributed by atoms with E-state index in [9.17, 15) is 18.4 Å². The number of ether oxygens (including phenoxy) is 2. The Morgan fingerprint density at radius 3 is 2.32 bits per heavy atom. The molecular weight excluding hydrogens is 459 g/mol. The van der Waals surface area contributed by atoms with Crippen LogP contribution in [0.15, 0.2) is 41.3 Å². The molecule has 182 valence electrons. The Hall–Kier alpha value is -2.33. The number of rotatable bonds is 4. The second-order valence-electron chi connectivity index (χ2n) is 10.2. The molecule has 0 aliphatic heterocycles. The van der Waals surface area contributed by atoms with E-state index in [1.54, 1.807) is 26.4 Å². The van der Waals surface area contributed by atoms with Crippen LogP contribution in [0, 0.1) is 28.6 Å². The van der Waals surface area contributed by atoms with Crippen LogP contribution < -0.4 is 9.47 Å². The van der Waals surface area contributed by atoms with Crippen LogP contribution in [0.4, 0.5) is 13.2 Å². The molecule has 4 rings (SSSR count). The second-order valence-corrected chi connectivity index (χ2v) is 11.4. The number of alkyl halides is 3. The maximum Gasteiger partial charge on any atom is 0.417 e. The van der Waals surface area contributed by atoms with Crippen molar-refractivity contribution in [1.29, 1.82) is 5.26 Å². The molecule has 0 amide bonds. The fourth-order valence-corrected chi connectivity index (χ4v) is 7.97. The van der Waals surface area contributed by atoms with Crippen LogP contribution in [0.25, 0.3) is 0 Å². The minimum absolute atomic E-state index is 0.0140. The van der Waals surface area contributed by atoms with Gasteiger partial charge in [0.15, 0.2) is 11.5 Å². The summed E-state index contributed by atoms with van der Waals surface area (Å²) in [5.41, 5.74) is 0.993. The van der Waals surface area contributed by atoms with E-state index in [1.807, 2.05) is 12.1 Å². The normalized spacial score (nSPS) is 27.8. The van der Waals surface area contributed by atoms with Gasteiger partial charge in [0.25, 0.3) is 0 Å². The van der Waals surface area contributed by atoms with E-state index < -0.39 is 11.7 Å². The Labute approximate surface area is 203 Å². The standard InChI is InChI=1S/C27H30F3NO2S/c1-25(2)23(34-22-9-7-6-8-18(22)27(28,29)30)10-11-26(3)19-14-21(33-5)20(32-4)13-16(19)12-17(15-31)24(25)26/h6-9,13-14,17,23-24H,10-12H2,1-5H3/t17-,23-,24-,26+/m0/s1. The lowest BCUT2D eigenvalue weighted by atomic mass is 9.47. The first-order chi connectivity index (χ1) is 16.0. The number of halogens is 3. The number of methoxy groups -OCH3 is 2. The number of fused-ring (bicyclic) bond motifs is 3. The summed E-state index contributed by atoms with van der Waals surface area (Å²) in [7, 11) is 3.21. The SMILES string of the molecule is COc1cc2c(cc1OC)[C@@]1(C)CC[C@H](Sc3ccccc3C(F)(F)F)C(C)(C)[C@@H]1[C@H](C#N)C2. The van der Waals surface area contributed by atoms with Gasteiger partial charge in [-0.25, -0.2) is 0 Å². The lowest BCUT2D eigenvalue weighted by molar-refractivity contribution is -0.139. The molecule has 2 aromatic rings. The largest absolute Gasteiger partial charge is 0.493 e. The van der Waals surface area contributed by atoms with Crippen LogP contribution >= 0.6 is 11.8 Å². The van der Waals surface area contributed by atoms with Crippen LogP contribution in [0.5, 0.6) is 11.5 Å². The number of benzene rings is 2. The maximum atomic E-state index is 13.7. The Kier molecular flexibility index (Phi) is 6.35. The molecule has 3 nitrogen and oxygen atoms in total. The fourth-order valence-electron chi connectivity index (χ4n) is 6.51. The van der Waals surface area contributed by atoms with Crippen molar-refractivity contribution in [2.24, 2.45) is 17.3 Å². The Morgan fingerprint density at radius 2 is 1.71 bits per heavy atom. The summed E-state index contributed by atoms with van der Waals surface area (Å²) in [4.78, 5) is 0.257. The molecule has 0 spiro atoms. The van der Waals surface area contributed by atoms with E-state index >= 15 is 0 Å². The highest BCUT2D eigenvalue weighted by Gasteiger charge is 2.58. The molecule has 2 aromatic carbocycles. The summed E-state index contributed by atoms with van der Waals surface area (Å²) in [6, 6.07) is 12.4. The van der Waals surface area contributed by atoms with Crippen LogP contribution in [0.3, 0.4) is 0 Å². The Bertz CT molecular complexity index is 1120. The summed E-state index contributed by atoms with van der Waals surface area (Å²) in [6.07, 6.45) is -2.27. The Morgan fingerprint density at radius 1 is 1.06 bits per heavy atom. The topological polar surface area (TPSA) is 42.2 Å². The summed E-state index contributed by atoms with van der Waals surface area (Å²) < 4.78 is 52.1. The molecule has 1 fully saturated rings. The van der Waals surface area contributed by atoms with E-state index in [0.29, 0.717) is 17.9 Å². The van der Waals surface area contributed by atoms with Gasteiger partial charge in [-0.05, 0) is 71.4 Å². The molecule has 7 heteroatoms. The zero-order valence-electron chi connectivity index (χ0n) is 20.1. The first kappa shape index (κ1) is 24.8. The maximum absolute atomic E-state index is 13.7. The third-order valence-electron chi connectivity index (χ3n) is 7.94. The van der Waals surface area contributed by atoms with Gasteiger partial charge in [-0.15, -0.1) is 11.8 Å². The Balaban J connectivity index is 1.76. The van der Waals surface area contributed by atoms with Crippen LogP contribution in [-0.4, -0.2) is 19.5 Å². The van der Waals surface area contributed by atoms with Gasteiger partial charge < -0.3 is 9.47 Å². The van der Waals surface area contributed by atoms with Gasteiger partial charge in [0.1, 0.15) is 0 Å². The lowest BCUT2D eigenvalue weighted by Gasteiger charge is -2.58. The number of hydrogen-bond donors (Lipinski definition) is 0. The van der Waals surface area contributed by atoms with Crippen molar-refractivity contribution in [1.82, 2.24) is 0 Å². The smallest absolute Gasteiger partial charge is 0.417 e. The molecule has 4 atom stereocenters. The fraction of sp³-hybridized carbons (Fsp3) is 0.519. The number of nitriles is 1. The third kappa shape index (κ3) is 3.94. The molecular formula is C27H30F3NO2S. The molecule has 0 saturated heterocycles. The van der Waals surface area contributed by atoms with Crippen molar-refractivity contribution >= 4 is 11.8 Å². The predicted molar refractivity (Wildman–Crippen MR) is 127 cm³/mol. The minimum Gasteiger partial charge on any atom is -0.493 e. The van der Waals surface area contributed by atoms with Crippen LogP contribution in [0.1, 0.15) is 50.3 Å². The van der Waals surface area contributed by atoms with Gasteiger partial charge in [0.05, 0.1) is 31.8 Å². The van der Waals surface area contributed by atoms with E-state index in [-0.39, 0.29) is 32.8 Å². The van der Waals surface area contributed by atoms with E-state index in [2.05, 4.69) is 26.8 Å². The molecule has 0 radical (unpaired) electrons. The highest BCUT2D eigenvalue weighted by molar-refractivity contribution is 8.00. The first-order valence-electron chi connectivity index (χ1n) is 11.4. The molecule has 1 saturated carbocycles. The molecule has 0 bridgehead atoms.